The standard InChI is InChI=1S/C28H45N5O2/c1-4-5-6-7-8-9-10-11-12-13-14-15-16-17-20-29-27-26(33(34)35)28(31-22-30-27)32-25-21-23(2)18-19-24(25)3/h18-19,21-22H,4-17,20H2,1-3H3,(H2,29,30,31,32). The Morgan fingerprint density at radius 3 is 1.91 bits per heavy atom. The molecule has 0 radical (unpaired) electrons. The van der Waals surface area contributed by atoms with Crippen LogP contribution in [-0.2, 0) is 0 Å². The third-order valence-corrected chi connectivity index (χ3v) is 6.47. The van der Waals surface area contributed by atoms with Gasteiger partial charge in [-0.25, -0.2) is 9.97 Å². The van der Waals surface area contributed by atoms with Crippen LogP contribution in [0.25, 0.3) is 0 Å². The zero-order valence-electron chi connectivity index (χ0n) is 22.1. The van der Waals surface area contributed by atoms with Crippen LogP contribution < -0.4 is 10.6 Å². The first kappa shape index (κ1) is 28.5. The number of hydrogen-bond acceptors (Lipinski definition) is 6. The van der Waals surface area contributed by atoms with Crippen molar-refractivity contribution < 1.29 is 4.92 Å². The molecule has 0 unspecified atom stereocenters. The predicted molar refractivity (Wildman–Crippen MR) is 147 cm³/mol. The highest BCUT2D eigenvalue weighted by molar-refractivity contribution is 5.74. The van der Waals surface area contributed by atoms with Crippen molar-refractivity contribution >= 4 is 23.0 Å². The molecule has 1 heterocycles. The van der Waals surface area contributed by atoms with Crippen molar-refractivity contribution in [2.24, 2.45) is 0 Å². The molecule has 0 aliphatic heterocycles. The second-order valence-corrected chi connectivity index (χ2v) is 9.64. The van der Waals surface area contributed by atoms with Crippen molar-refractivity contribution in [1.29, 1.82) is 0 Å². The maximum Gasteiger partial charge on any atom is 0.353 e. The molecule has 194 valence electrons. The van der Waals surface area contributed by atoms with Crippen LogP contribution in [0.3, 0.4) is 0 Å². The number of nitro groups is 1. The van der Waals surface area contributed by atoms with Gasteiger partial charge >= 0.3 is 5.69 Å². The molecule has 0 aliphatic carbocycles. The van der Waals surface area contributed by atoms with Gasteiger partial charge in [0.1, 0.15) is 6.33 Å². The van der Waals surface area contributed by atoms with Crippen LogP contribution in [0.1, 0.15) is 108 Å². The summed E-state index contributed by atoms with van der Waals surface area (Å²) in [6, 6.07) is 5.96. The molecule has 0 aliphatic rings. The smallest absolute Gasteiger partial charge is 0.353 e. The van der Waals surface area contributed by atoms with E-state index < -0.39 is 4.92 Å². The van der Waals surface area contributed by atoms with Gasteiger partial charge in [0.2, 0.25) is 11.6 Å². The number of aryl methyl sites for hydroxylation is 2. The summed E-state index contributed by atoms with van der Waals surface area (Å²) in [6.07, 6.45) is 19.7. The Balaban J connectivity index is 1.65. The van der Waals surface area contributed by atoms with Gasteiger partial charge in [-0.2, -0.15) is 0 Å². The quantitative estimate of drug-likeness (QED) is 0.118. The van der Waals surface area contributed by atoms with E-state index in [0.29, 0.717) is 6.54 Å². The Morgan fingerprint density at radius 1 is 0.800 bits per heavy atom. The molecule has 0 bridgehead atoms. The van der Waals surface area contributed by atoms with Gasteiger partial charge < -0.3 is 10.6 Å². The molecular weight excluding hydrogens is 438 g/mol. The fraction of sp³-hybridized carbons (Fsp3) is 0.643. The number of unbranched alkanes of at least 4 members (excludes halogenated alkanes) is 13. The SMILES string of the molecule is CCCCCCCCCCCCCCCCNc1ncnc(Nc2cc(C)ccc2C)c1[N+](=O)[O-]. The number of benzene rings is 1. The van der Waals surface area contributed by atoms with E-state index in [0.717, 1.165) is 29.7 Å². The minimum absolute atomic E-state index is 0.112. The number of nitrogens with zero attached hydrogens (tertiary/aromatic N) is 3. The van der Waals surface area contributed by atoms with Gasteiger partial charge in [-0.05, 0) is 37.5 Å². The topological polar surface area (TPSA) is 93.0 Å². The average molecular weight is 484 g/mol. The third-order valence-electron chi connectivity index (χ3n) is 6.47. The van der Waals surface area contributed by atoms with Crippen molar-refractivity contribution in [3.8, 4) is 0 Å². The first-order chi connectivity index (χ1) is 17.0. The average Bonchev–Trinajstić information content (AvgIpc) is 2.83. The normalized spacial score (nSPS) is 10.9. The Morgan fingerprint density at radius 2 is 1.34 bits per heavy atom. The molecule has 0 saturated carbocycles. The molecule has 35 heavy (non-hydrogen) atoms. The summed E-state index contributed by atoms with van der Waals surface area (Å²) in [5.74, 6) is 0.481. The van der Waals surface area contributed by atoms with Crippen molar-refractivity contribution in [3.05, 3.63) is 45.8 Å². The van der Waals surface area contributed by atoms with Gasteiger partial charge in [-0.15, -0.1) is 0 Å². The number of nitrogens with one attached hydrogen (secondary N) is 2. The van der Waals surface area contributed by atoms with Crippen molar-refractivity contribution in [1.82, 2.24) is 9.97 Å². The Kier molecular flexibility index (Phi) is 13.7. The van der Waals surface area contributed by atoms with Crippen LogP contribution in [0.5, 0.6) is 0 Å². The molecule has 0 spiro atoms. The van der Waals surface area contributed by atoms with E-state index in [2.05, 4.69) is 27.5 Å². The molecular formula is C28H45N5O2. The zero-order chi connectivity index (χ0) is 25.3. The fourth-order valence-electron chi connectivity index (χ4n) is 4.30. The summed E-state index contributed by atoms with van der Waals surface area (Å²) in [5.41, 5.74) is 2.77. The lowest BCUT2D eigenvalue weighted by Gasteiger charge is -2.12. The van der Waals surface area contributed by atoms with Gasteiger partial charge in [0.05, 0.1) is 4.92 Å². The van der Waals surface area contributed by atoms with Crippen LogP contribution in [0, 0.1) is 24.0 Å². The lowest BCUT2D eigenvalue weighted by atomic mass is 10.0. The van der Waals surface area contributed by atoms with Gasteiger partial charge in [-0.1, -0.05) is 103 Å². The van der Waals surface area contributed by atoms with Gasteiger partial charge in [0.15, 0.2) is 0 Å². The molecule has 7 heteroatoms. The van der Waals surface area contributed by atoms with E-state index in [4.69, 9.17) is 0 Å². The summed E-state index contributed by atoms with van der Waals surface area (Å²) < 4.78 is 0. The van der Waals surface area contributed by atoms with Crippen molar-refractivity contribution in [2.45, 2.75) is 111 Å². The highest BCUT2D eigenvalue weighted by Gasteiger charge is 2.23. The Bertz CT molecular complexity index is 888. The number of aromatic nitrogens is 2. The first-order valence-corrected chi connectivity index (χ1v) is 13.6. The predicted octanol–water partition coefficient (Wildman–Crippen LogP) is 8.64. The highest BCUT2D eigenvalue weighted by atomic mass is 16.6. The van der Waals surface area contributed by atoms with E-state index in [-0.39, 0.29) is 17.3 Å². The molecule has 7 nitrogen and oxygen atoms in total. The largest absolute Gasteiger partial charge is 0.364 e. The second kappa shape index (κ2) is 16.8. The maximum absolute atomic E-state index is 11.8. The summed E-state index contributed by atoms with van der Waals surface area (Å²) in [4.78, 5) is 19.7. The number of rotatable bonds is 19. The van der Waals surface area contributed by atoms with E-state index in [1.165, 1.54) is 83.4 Å². The number of anilines is 3. The summed E-state index contributed by atoms with van der Waals surface area (Å²) >= 11 is 0. The molecule has 0 atom stereocenters. The fourth-order valence-corrected chi connectivity index (χ4v) is 4.30. The zero-order valence-corrected chi connectivity index (χ0v) is 22.1. The van der Waals surface area contributed by atoms with Crippen molar-refractivity contribution in [2.75, 3.05) is 17.2 Å². The summed E-state index contributed by atoms with van der Waals surface area (Å²) in [6.45, 7) is 6.88. The van der Waals surface area contributed by atoms with Gasteiger partial charge in [0, 0.05) is 12.2 Å². The van der Waals surface area contributed by atoms with Crippen LogP contribution in [-0.4, -0.2) is 21.4 Å². The molecule has 2 rings (SSSR count). The monoisotopic (exact) mass is 483 g/mol. The molecule has 2 N–H and O–H groups in total. The molecule has 0 saturated heterocycles. The first-order valence-electron chi connectivity index (χ1n) is 13.6. The van der Waals surface area contributed by atoms with E-state index >= 15 is 0 Å². The Hall–Kier alpha value is -2.70. The van der Waals surface area contributed by atoms with Crippen LogP contribution in [0.4, 0.5) is 23.0 Å². The molecule has 2 aromatic rings. The lowest BCUT2D eigenvalue weighted by Crippen LogP contribution is -2.09. The molecule has 0 amide bonds. The third kappa shape index (κ3) is 11.1. The van der Waals surface area contributed by atoms with Crippen LogP contribution >= 0.6 is 0 Å². The lowest BCUT2D eigenvalue weighted by molar-refractivity contribution is -0.383. The van der Waals surface area contributed by atoms with Crippen molar-refractivity contribution in [3.63, 3.8) is 0 Å². The van der Waals surface area contributed by atoms with Crippen LogP contribution in [0.2, 0.25) is 0 Å². The van der Waals surface area contributed by atoms with Crippen LogP contribution in [0.15, 0.2) is 24.5 Å². The van der Waals surface area contributed by atoms with E-state index in [9.17, 15) is 10.1 Å². The molecule has 1 aromatic heterocycles. The molecule has 0 fully saturated rings. The maximum atomic E-state index is 11.8. The highest BCUT2D eigenvalue weighted by Crippen LogP contribution is 2.32. The van der Waals surface area contributed by atoms with Gasteiger partial charge in [0.25, 0.3) is 0 Å². The van der Waals surface area contributed by atoms with Gasteiger partial charge in [-0.3, -0.25) is 10.1 Å². The number of hydrogen-bond donors (Lipinski definition) is 2. The van der Waals surface area contributed by atoms with E-state index in [1.54, 1.807) is 0 Å². The van der Waals surface area contributed by atoms with E-state index in [1.807, 2.05) is 32.0 Å². The minimum atomic E-state index is -0.416. The minimum Gasteiger partial charge on any atom is -0.364 e. The summed E-state index contributed by atoms with van der Waals surface area (Å²) in [5, 5.41) is 18.1. The summed E-state index contributed by atoms with van der Waals surface area (Å²) in [7, 11) is 0. The second-order valence-electron chi connectivity index (χ2n) is 9.64. The molecule has 1 aromatic carbocycles. The Labute approximate surface area is 211 Å².